The topological polar surface area (TPSA) is 88.4 Å². The zero-order chi connectivity index (χ0) is 21.0. The molecule has 0 aliphatic heterocycles. The first-order valence-corrected chi connectivity index (χ1v) is 9.34. The van der Waals surface area contributed by atoms with Crippen molar-refractivity contribution in [1.82, 2.24) is 15.2 Å². The first kappa shape index (κ1) is 20.4. The van der Waals surface area contributed by atoms with Gasteiger partial charge < -0.3 is 5.32 Å². The fraction of sp³-hybridized carbons (Fsp3) is 0.100. The molecule has 0 atom stereocenters. The Kier molecular flexibility index (Phi) is 6.18. The molecule has 0 aliphatic carbocycles. The Bertz CT molecular complexity index is 1060. The van der Waals surface area contributed by atoms with Crippen LogP contribution in [-0.2, 0) is 7.05 Å². The maximum absolute atomic E-state index is 13.0. The van der Waals surface area contributed by atoms with Gasteiger partial charge in [-0.05, 0) is 64.8 Å². The number of carbonyl (C=O) groups is 2. The van der Waals surface area contributed by atoms with Crippen LogP contribution in [0.4, 0.5) is 10.1 Å². The van der Waals surface area contributed by atoms with Crippen molar-refractivity contribution in [1.29, 1.82) is 0 Å². The number of aryl methyl sites for hydroxylation is 1. The van der Waals surface area contributed by atoms with Crippen molar-refractivity contribution in [2.24, 2.45) is 12.1 Å². The summed E-state index contributed by atoms with van der Waals surface area (Å²) in [6.07, 6.45) is 1.53. The summed E-state index contributed by atoms with van der Waals surface area (Å²) in [5.41, 5.74) is 5.16. The Morgan fingerprint density at radius 3 is 2.24 bits per heavy atom. The zero-order valence-corrected chi connectivity index (χ0v) is 17.2. The van der Waals surface area contributed by atoms with E-state index in [0.29, 0.717) is 27.1 Å². The van der Waals surface area contributed by atoms with Crippen molar-refractivity contribution in [2.75, 3.05) is 5.32 Å². The highest BCUT2D eigenvalue weighted by molar-refractivity contribution is 9.10. The van der Waals surface area contributed by atoms with Crippen LogP contribution in [0.3, 0.4) is 0 Å². The minimum atomic E-state index is -0.400. The van der Waals surface area contributed by atoms with Gasteiger partial charge in [-0.1, -0.05) is 12.1 Å². The van der Waals surface area contributed by atoms with E-state index in [1.807, 2.05) is 0 Å². The molecule has 1 aromatic heterocycles. The van der Waals surface area contributed by atoms with Crippen molar-refractivity contribution < 1.29 is 14.0 Å². The van der Waals surface area contributed by atoms with Crippen molar-refractivity contribution in [3.8, 4) is 0 Å². The number of nitrogens with zero attached hydrogens (tertiary/aromatic N) is 3. The Hall–Kier alpha value is -3.33. The number of carbonyl (C=O) groups excluding carboxylic acids is 2. The molecule has 1 heterocycles. The first-order chi connectivity index (χ1) is 13.8. The van der Waals surface area contributed by atoms with Gasteiger partial charge in [-0.2, -0.15) is 10.2 Å². The molecule has 148 valence electrons. The van der Waals surface area contributed by atoms with E-state index in [4.69, 9.17) is 0 Å². The molecule has 3 rings (SSSR count). The summed E-state index contributed by atoms with van der Waals surface area (Å²) in [6.45, 7) is 1.75. The third kappa shape index (κ3) is 4.94. The Morgan fingerprint density at radius 1 is 1.03 bits per heavy atom. The molecule has 0 unspecified atom stereocenters. The summed E-state index contributed by atoms with van der Waals surface area (Å²) < 4.78 is 15.0. The standard InChI is InChI=1S/C20H17BrFN5O2/c1-12(25-26-20(29)18-17(21)11-23-27(18)2)13-5-9-16(10-6-13)24-19(28)14-3-7-15(22)8-4-14/h3-11H,1-2H3,(H,24,28)(H,26,29)/b25-12-. The number of aromatic nitrogens is 2. The molecule has 0 bridgehead atoms. The quantitative estimate of drug-likeness (QED) is 0.451. The molecule has 3 aromatic rings. The SMILES string of the molecule is C/C(=N/NC(=O)c1c(Br)cnn1C)c1ccc(NC(=O)c2ccc(F)cc2)cc1. The average molecular weight is 458 g/mol. The van der Waals surface area contributed by atoms with Gasteiger partial charge in [0.2, 0.25) is 0 Å². The summed E-state index contributed by atoms with van der Waals surface area (Å²) >= 11 is 3.27. The van der Waals surface area contributed by atoms with Gasteiger partial charge in [0.25, 0.3) is 11.8 Å². The molecule has 7 nitrogen and oxygen atoms in total. The highest BCUT2D eigenvalue weighted by atomic mass is 79.9. The van der Waals surface area contributed by atoms with Crippen molar-refractivity contribution in [2.45, 2.75) is 6.92 Å². The van der Waals surface area contributed by atoms with Crippen LogP contribution in [-0.4, -0.2) is 27.3 Å². The van der Waals surface area contributed by atoms with Gasteiger partial charge in [0.15, 0.2) is 0 Å². The molecule has 2 N–H and O–H groups in total. The second kappa shape index (κ2) is 8.78. The molecule has 0 fully saturated rings. The van der Waals surface area contributed by atoms with E-state index in [2.05, 4.69) is 36.9 Å². The van der Waals surface area contributed by atoms with Crippen LogP contribution in [0.15, 0.2) is 64.3 Å². The van der Waals surface area contributed by atoms with Crippen molar-refractivity contribution >= 4 is 39.1 Å². The number of anilines is 1. The Morgan fingerprint density at radius 2 is 1.66 bits per heavy atom. The number of rotatable bonds is 5. The summed E-state index contributed by atoms with van der Waals surface area (Å²) in [5, 5.41) is 10.8. The highest BCUT2D eigenvalue weighted by Gasteiger charge is 2.14. The van der Waals surface area contributed by atoms with Gasteiger partial charge in [0.05, 0.1) is 16.4 Å². The second-order valence-corrected chi connectivity index (χ2v) is 7.00. The highest BCUT2D eigenvalue weighted by Crippen LogP contribution is 2.15. The molecule has 0 saturated heterocycles. The Balaban J connectivity index is 1.64. The van der Waals surface area contributed by atoms with Crippen LogP contribution in [0.2, 0.25) is 0 Å². The third-order valence-corrected chi connectivity index (χ3v) is 4.68. The minimum absolute atomic E-state index is 0.336. The number of benzene rings is 2. The van der Waals surface area contributed by atoms with E-state index in [1.54, 1.807) is 38.2 Å². The lowest BCUT2D eigenvalue weighted by Gasteiger charge is -2.07. The average Bonchev–Trinajstić information content (AvgIpc) is 3.05. The largest absolute Gasteiger partial charge is 0.322 e. The van der Waals surface area contributed by atoms with E-state index in [0.717, 1.165) is 5.56 Å². The van der Waals surface area contributed by atoms with E-state index in [1.165, 1.54) is 35.1 Å². The monoisotopic (exact) mass is 457 g/mol. The molecular formula is C20H17BrFN5O2. The molecular weight excluding hydrogens is 441 g/mol. The smallest absolute Gasteiger partial charge is 0.290 e. The number of nitrogens with one attached hydrogen (secondary N) is 2. The minimum Gasteiger partial charge on any atom is -0.322 e. The molecule has 0 saturated carbocycles. The van der Waals surface area contributed by atoms with Crippen LogP contribution >= 0.6 is 15.9 Å². The van der Waals surface area contributed by atoms with Gasteiger partial charge in [-0.15, -0.1) is 0 Å². The molecule has 29 heavy (non-hydrogen) atoms. The van der Waals surface area contributed by atoms with Crippen LogP contribution < -0.4 is 10.7 Å². The number of hydrogen-bond acceptors (Lipinski definition) is 4. The normalized spacial score (nSPS) is 11.2. The number of amides is 2. The molecule has 0 radical (unpaired) electrons. The van der Waals surface area contributed by atoms with E-state index in [-0.39, 0.29) is 11.8 Å². The lowest BCUT2D eigenvalue weighted by atomic mass is 10.1. The molecule has 0 spiro atoms. The first-order valence-electron chi connectivity index (χ1n) is 8.54. The summed E-state index contributed by atoms with van der Waals surface area (Å²) in [5.74, 6) is -1.12. The fourth-order valence-electron chi connectivity index (χ4n) is 2.52. The van der Waals surface area contributed by atoms with E-state index < -0.39 is 5.82 Å². The third-order valence-electron chi connectivity index (χ3n) is 4.10. The van der Waals surface area contributed by atoms with Gasteiger partial charge in [-0.25, -0.2) is 9.82 Å². The fourth-order valence-corrected chi connectivity index (χ4v) is 3.05. The number of halogens is 2. The predicted molar refractivity (Wildman–Crippen MR) is 111 cm³/mol. The molecule has 9 heteroatoms. The van der Waals surface area contributed by atoms with Gasteiger partial charge in [-0.3, -0.25) is 14.3 Å². The van der Waals surface area contributed by atoms with Crippen molar-refractivity contribution in [3.05, 3.63) is 81.8 Å². The van der Waals surface area contributed by atoms with Crippen LogP contribution in [0.5, 0.6) is 0 Å². The van der Waals surface area contributed by atoms with Crippen LogP contribution in [0.25, 0.3) is 0 Å². The molecule has 2 aromatic carbocycles. The Labute approximate surface area is 174 Å². The maximum Gasteiger partial charge on any atom is 0.290 e. The summed E-state index contributed by atoms with van der Waals surface area (Å²) in [7, 11) is 1.66. The van der Waals surface area contributed by atoms with Crippen LogP contribution in [0, 0.1) is 5.82 Å². The van der Waals surface area contributed by atoms with Crippen molar-refractivity contribution in [3.63, 3.8) is 0 Å². The van der Waals surface area contributed by atoms with Gasteiger partial charge in [0, 0.05) is 18.3 Å². The van der Waals surface area contributed by atoms with Gasteiger partial charge >= 0.3 is 0 Å². The lowest BCUT2D eigenvalue weighted by Crippen LogP contribution is -2.22. The lowest BCUT2D eigenvalue weighted by molar-refractivity contribution is 0.0944. The zero-order valence-electron chi connectivity index (χ0n) is 15.6. The van der Waals surface area contributed by atoms with E-state index >= 15 is 0 Å². The maximum atomic E-state index is 13.0. The molecule has 0 aliphatic rings. The van der Waals surface area contributed by atoms with Gasteiger partial charge in [0.1, 0.15) is 11.5 Å². The molecule has 2 amide bonds. The number of hydrogen-bond donors (Lipinski definition) is 2. The predicted octanol–water partition coefficient (Wildman–Crippen LogP) is 3.73. The van der Waals surface area contributed by atoms with Crippen LogP contribution in [0.1, 0.15) is 33.3 Å². The summed E-state index contributed by atoms with van der Waals surface area (Å²) in [6, 6.07) is 12.3. The van der Waals surface area contributed by atoms with E-state index in [9.17, 15) is 14.0 Å². The number of hydrazone groups is 1. The summed E-state index contributed by atoms with van der Waals surface area (Å²) in [4.78, 5) is 24.4. The second-order valence-electron chi connectivity index (χ2n) is 6.14.